The zero-order chi connectivity index (χ0) is 15.6. The third kappa shape index (κ3) is 4.56. The fraction of sp³-hybridized carbons (Fsp3) is 0.667. The highest BCUT2D eigenvalue weighted by Crippen LogP contribution is 2.27. The summed E-state index contributed by atoms with van der Waals surface area (Å²) >= 11 is 6.00. The summed E-state index contributed by atoms with van der Waals surface area (Å²) in [6, 6.07) is 1.79. The first-order valence-electron chi connectivity index (χ1n) is 7.23. The molecule has 0 saturated carbocycles. The highest BCUT2D eigenvalue weighted by Gasteiger charge is 2.29. The lowest BCUT2D eigenvalue weighted by Crippen LogP contribution is -2.42. The van der Waals surface area contributed by atoms with Gasteiger partial charge >= 0.3 is 6.09 Å². The van der Waals surface area contributed by atoms with Gasteiger partial charge in [-0.05, 0) is 46.6 Å². The van der Waals surface area contributed by atoms with E-state index in [2.05, 4.69) is 9.97 Å². The summed E-state index contributed by atoms with van der Waals surface area (Å²) in [5, 5.41) is 0.451. The van der Waals surface area contributed by atoms with E-state index in [1.165, 1.54) is 0 Å². The number of rotatable bonds is 1. The number of likely N-dealkylation sites (tertiary alicyclic amines) is 1. The van der Waals surface area contributed by atoms with Crippen molar-refractivity contribution in [2.75, 3.05) is 13.1 Å². The third-order valence-corrected chi connectivity index (χ3v) is 3.51. The standard InChI is InChI=1S/C15H22ClN3O2/c1-10-17-12(8-13(16)18-10)11-6-5-7-19(9-11)14(20)21-15(2,3)4/h8,11H,5-7,9H2,1-4H3. The molecule has 21 heavy (non-hydrogen) atoms. The molecule has 1 unspecified atom stereocenters. The number of ether oxygens (including phenoxy) is 1. The van der Waals surface area contributed by atoms with Crippen LogP contribution in [-0.2, 0) is 4.74 Å². The molecule has 1 aromatic rings. The van der Waals surface area contributed by atoms with Crippen LogP contribution >= 0.6 is 11.6 Å². The second-order valence-electron chi connectivity index (χ2n) is 6.43. The molecule has 0 spiro atoms. The summed E-state index contributed by atoms with van der Waals surface area (Å²) in [4.78, 5) is 22.5. The molecule has 0 N–H and O–H groups in total. The van der Waals surface area contributed by atoms with Gasteiger partial charge in [0, 0.05) is 19.0 Å². The van der Waals surface area contributed by atoms with E-state index in [-0.39, 0.29) is 12.0 Å². The first-order valence-corrected chi connectivity index (χ1v) is 7.61. The Bertz CT molecular complexity index is 508. The monoisotopic (exact) mass is 311 g/mol. The van der Waals surface area contributed by atoms with E-state index in [9.17, 15) is 4.79 Å². The number of hydrogen-bond acceptors (Lipinski definition) is 4. The van der Waals surface area contributed by atoms with Gasteiger partial charge in [0.15, 0.2) is 0 Å². The molecule has 0 radical (unpaired) electrons. The van der Waals surface area contributed by atoms with Crippen molar-refractivity contribution in [3.63, 3.8) is 0 Å². The Balaban J connectivity index is 2.08. The van der Waals surface area contributed by atoms with Gasteiger partial charge in [0.1, 0.15) is 16.6 Å². The Morgan fingerprint density at radius 2 is 2.14 bits per heavy atom. The number of piperidine rings is 1. The molecule has 0 aliphatic carbocycles. The van der Waals surface area contributed by atoms with Crippen molar-refractivity contribution < 1.29 is 9.53 Å². The average molecular weight is 312 g/mol. The lowest BCUT2D eigenvalue weighted by atomic mass is 9.95. The van der Waals surface area contributed by atoms with E-state index in [4.69, 9.17) is 16.3 Å². The Kier molecular flexibility index (Phi) is 4.71. The second-order valence-corrected chi connectivity index (χ2v) is 6.82. The van der Waals surface area contributed by atoms with Crippen molar-refractivity contribution in [3.8, 4) is 0 Å². The summed E-state index contributed by atoms with van der Waals surface area (Å²) in [7, 11) is 0. The number of carbonyl (C=O) groups excluding carboxylic acids is 1. The summed E-state index contributed by atoms with van der Waals surface area (Å²) in [6.07, 6.45) is 1.67. The molecular formula is C15H22ClN3O2. The van der Waals surface area contributed by atoms with E-state index in [1.807, 2.05) is 27.7 Å². The first-order chi connectivity index (χ1) is 9.74. The molecule has 1 saturated heterocycles. The fourth-order valence-corrected chi connectivity index (χ4v) is 2.71. The highest BCUT2D eigenvalue weighted by molar-refractivity contribution is 6.29. The van der Waals surface area contributed by atoms with Crippen LogP contribution in [-0.4, -0.2) is 39.7 Å². The summed E-state index contributed by atoms with van der Waals surface area (Å²) in [5.41, 5.74) is 0.430. The molecule has 0 aromatic carbocycles. The largest absolute Gasteiger partial charge is 0.444 e. The maximum Gasteiger partial charge on any atom is 0.410 e. The van der Waals surface area contributed by atoms with Gasteiger partial charge in [0.2, 0.25) is 0 Å². The Morgan fingerprint density at radius 3 is 2.76 bits per heavy atom. The van der Waals surface area contributed by atoms with Crippen molar-refractivity contribution >= 4 is 17.7 Å². The van der Waals surface area contributed by atoms with E-state index in [0.29, 0.717) is 17.5 Å². The second kappa shape index (κ2) is 6.18. The SMILES string of the molecule is Cc1nc(Cl)cc(C2CCCN(C(=O)OC(C)(C)C)C2)n1. The minimum Gasteiger partial charge on any atom is -0.444 e. The predicted molar refractivity (Wildman–Crippen MR) is 81.6 cm³/mol. The lowest BCUT2D eigenvalue weighted by molar-refractivity contribution is 0.0197. The van der Waals surface area contributed by atoms with Gasteiger partial charge in [-0.2, -0.15) is 0 Å². The molecule has 1 atom stereocenters. The van der Waals surface area contributed by atoms with Crippen LogP contribution < -0.4 is 0 Å². The lowest BCUT2D eigenvalue weighted by Gasteiger charge is -2.34. The number of aromatic nitrogens is 2. The van der Waals surface area contributed by atoms with E-state index < -0.39 is 5.60 Å². The fourth-order valence-electron chi connectivity index (χ4n) is 2.47. The topological polar surface area (TPSA) is 55.3 Å². The van der Waals surface area contributed by atoms with E-state index in [1.54, 1.807) is 11.0 Å². The first kappa shape index (κ1) is 16.0. The Morgan fingerprint density at radius 1 is 1.43 bits per heavy atom. The highest BCUT2D eigenvalue weighted by atomic mass is 35.5. The normalized spacial score (nSPS) is 19.5. The summed E-state index contributed by atoms with van der Waals surface area (Å²) < 4.78 is 5.44. The molecule has 1 aromatic heterocycles. The Hall–Kier alpha value is -1.36. The molecule has 6 heteroatoms. The van der Waals surface area contributed by atoms with E-state index >= 15 is 0 Å². The Labute approximate surface area is 130 Å². The molecule has 1 amide bonds. The van der Waals surface area contributed by atoms with Crippen LogP contribution in [0.3, 0.4) is 0 Å². The van der Waals surface area contributed by atoms with Gasteiger partial charge in [0.05, 0.1) is 5.69 Å². The summed E-state index contributed by atoms with van der Waals surface area (Å²) in [5.74, 6) is 0.845. The molecule has 2 heterocycles. The van der Waals surface area contributed by atoms with Crippen molar-refractivity contribution in [1.29, 1.82) is 0 Å². The van der Waals surface area contributed by atoms with Gasteiger partial charge in [-0.25, -0.2) is 14.8 Å². The number of hydrogen-bond donors (Lipinski definition) is 0. The minimum absolute atomic E-state index is 0.186. The number of carbonyl (C=O) groups is 1. The molecular weight excluding hydrogens is 290 g/mol. The van der Waals surface area contributed by atoms with Gasteiger partial charge in [0.25, 0.3) is 0 Å². The minimum atomic E-state index is -0.473. The quantitative estimate of drug-likeness (QED) is 0.744. The van der Waals surface area contributed by atoms with Crippen LogP contribution in [0.4, 0.5) is 4.79 Å². The number of amides is 1. The number of halogens is 1. The van der Waals surface area contributed by atoms with Crippen LogP contribution in [0.25, 0.3) is 0 Å². The molecule has 2 rings (SSSR count). The van der Waals surface area contributed by atoms with Crippen LogP contribution in [0, 0.1) is 6.92 Å². The van der Waals surface area contributed by atoms with Gasteiger partial charge in [-0.3, -0.25) is 0 Å². The van der Waals surface area contributed by atoms with Crippen molar-refractivity contribution in [2.45, 2.75) is 52.1 Å². The number of aryl methyl sites for hydroxylation is 1. The zero-order valence-electron chi connectivity index (χ0n) is 13.0. The predicted octanol–water partition coefficient (Wildman–Crippen LogP) is 3.55. The molecule has 1 fully saturated rings. The molecule has 1 aliphatic heterocycles. The molecule has 5 nitrogen and oxygen atoms in total. The molecule has 1 aliphatic rings. The third-order valence-electron chi connectivity index (χ3n) is 3.32. The van der Waals surface area contributed by atoms with E-state index in [0.717, 1.165) is 25.1 Å². The van der Waals surface area contributed by atoms with Crippen LogP contribution in [0.1, 0.15) is 51.0 Å². The van der Waals surface area contributed by atoms with Crippen LogP contribution in [0.2, 0.25) is 5.15 Å². The zero-order valence-corrected chi connectivity index (χ0v) is 13.8. The van der Waals surface area contributed by atoms with Gasteiger partial charge < -0.3 is 9.64 Å². The smallest absolute Gasteiger partial charge is 0.410 e. The van der Waals surface area contributed by atoms with Gasteiger partial charge in [-0.1, -0.05) is 11.6 Å². The maximum absolute atomic E-state index is 12.2. The van der Waals surface area contributed by atoms with Crippen molar-refractivity contribution in [3.05, 3.63) is 22.7 Å². The van der Waals surface area contributed by atoms with Crippen LogP contribution in [0.5, 0.6) is 0 Å². The van der Waals surface area contributed by atoms with Crippen molar-refractivity contribution in [1.82, 2.24) is 14.9 Å². The molecule has 116 valence electrons. The van der Waals surface area contributed by atoms with Crippen LogP contribution in [0.15, 0.2) is 6.07 Å². The number of nitrogens with zero attached hydrogens (tertiary/aromatic N) is 3. The summed E-state index contributed by atoms with van der Waals surface area (Å²) in [6.45, 7) is 8.79. The maximum atomic E-state index is 12.2. The van der Waals surface area contributed by atoms with Gasteiger partial charge in [-0.15, -0.1) is 0 Å². The molecule has 0 bridgehead atoms. The average Bonchev–Trinajstić information content (AvgIpc) is 2.36. The van der Waals surface area contributed by atoms with Crippen molar-refractivity contribution in [2.24, 2.45) is 0 Å².